The molecule has 1 aromatic heterocycles. The summed E-state index contributed by atoms with van der Waals surface area (Å²) in [7, 11) is 1.92. The minimum Gasteiger partial charge on any atom is -0.310 e. The summed E-state index contributed by atoms with van der Waals surface area (Å²) < 4.78 is 3.95. The molecule has 4 nitrogen and oxygen atoms in total. The van der Waals surface area contributed by atoms with Crippen LogP contribution in [0.4, 0.5) is 0 Å². The van der Waals surface area contributed by atoms with Gasteiger partial charge in [-0.25, -0.2) is 4.98 Å². The van der Waals surface area contributed by atoms with Gasteiger partial charge in [-0.2, -0.15) is 5.10 Å². The lowest BCUT2D eigenvalue weighted by atomic mass is 10.0. The van der Waals surface area contributed by atoms with Crippen molar-refractivity contribution in [1.29, 1.82) is 0 Å². The van der Waals surface area contributed by atoms with Crippen LogP contribution in [0.25, 0.3) is 0 Å². The normalized spacial score (nSPS) is 12.6. The molecule has 0 spiro atoms. The van der Waals surface area contributed by atoms with Gasteiger partial charge in [0.15, 0.2) is 0 Å². The first kappa shape index (κ1) is 14.7. The quantitative estimate of drug-likeness (QED) is 0.856. The van der Waals surface area contributed by atoms with Gasteiger partial charge in [-0.05, 0) is 30.3 Å². The fourth-order valence-electron chi connectivity index (χ4n) is 2.02. The van der Waals surface area contributed by atoms with Gasteiger partial charge in [-0.1, -0.05) is 38.8 Å². The maximum Gasteiger partial charge on any atom is 0.138 e. The van der Waals surface area contributed by atoms with Gasteiger partial charge in [-0.15, -0.1) is 0 Å². The van der Waals surface area contributed by atoms with Crippen molar-refractivity contribution in [2.45, 2.75) is 19.4 Å². The second-order valence-electron chi connectivity index (χ2n) is 4.32. The fraction of sp³-hybridized carbons (Fsp3) is 0.385. The molecule has 0 bridgehead atoms. The molecule has 0 amide bonds. The molecule has 0 aliphatic carbocycles. The van der Waals surface area contributed by atoms with Crippen molar-refractivity contribution in [3.63, 3.8) is 0 Å². The van der Waals surface area contributed by atoms with Crippen molar-refractivity contribution >= 4 is 31.9 Å². The first-order valence-electron chi connectivity index (χ1n) is 6.12. The maximum atomic E-state index is 4.30. The van der Waals surface area contributed by atoms with E-state index in [-0.39, 0.29) is 6.04 Å². The summed E-state index contributed by atoms with van der Waals surface area (Å²) in [6.45, 7) is 3.02. The van der Waals surface area contributed by atoms with E-state index >= 15 is 0 Å². The maximum absolute atomic E-state index is 4.30. The van der Waals surface area contributed by atoms with Crippen LogP contribution in [0.5, 0.6) is 0 Å². The molecule has 0 saturated carbocycles. The van der Waals surface area contributed by atoms with E-state index in [1.165, 1.54) is 5.56 Å². The topological polar surface area (TPSA) is 42.7 Å². The molecule has 19 heavy (non-hydrogen) atoms. The van der Waals surface area contributed by atoms with E-state index in [2.05, 4.69) is 66.3 Å². The third kappa shape index (κ3) is 3.87. The Labute approximate surface area is 129 Å². The Morgan fingerprint density at radius 2 is 1.95 bits per heavy atom. The van der Waals surface area contributed by atoms with Crippen LogP contribution < -0.4 is 5.32 Å². The summed E-state index contributed by atoms with van der Waals surface area (Å²) in [5.74, 6) is 0.974. The molecule has 0 aliphatic rings. The molecular formula is C13H16Br2N4. The Morgan fingerprint density at radius 3 is 2.47 bits per heavy atom. The van der Waals surface area contributed by atoms with E-state index in [4.69, 9.17) is 0 Å². The Balaban J connectivity index is 2.26. The van der Waals surface area contributed by atoms with E-state index in [0.29, 0.717) is 0 Å². The third-order valence-electron chi connectivity index (χ3n) is 2.93. The van der Waals surface area contributed by atoms with Gasteiger partial charge in [0, 0.05) is 28.5 Å². The summed E-state index contributed by atoms with van der Waals surface area (Å²) in [6.07, 6.45) is 2.41. The van der Waals surface area contributed by atoms with Crippen LogP contribution in [-0.4, -0.2) is 21.3 Å². The van der Waals surface area contributed by atoms with E-state index in [9.17, 15) is 0 Å². The first-order chi connectivity index (χ1) is 9.10. The number of aromatic nitrogens is 3. The number of hydrogen-bond donors (Lipinski definition) is 1. The summed E-state index contributed by atoms with van der Waals surface area (Å²) in [5.41, 5.74) is 1.23. The Kier molecular flexibility index (Phi) is 5.13. The van der Waals surface area contributed by atoms with Crippen molar-refractivity contribution in [3.8, 4) is 0 Å². The van der Waals surface area contributed by atoms with Crippen LogP contribution >= 0.6 is 31.9 Å². The van der Waals surface area contributed by atoms with Crippen LogP contribution in [-0.2, 0) is 13.5 Å². The van der Waals surface area contributed by atoms with Crippen LogP contribution in [0.3, 0.4) is 0 Å². The lowest BCUT2D eigenvalue weighted by Crippen LogP contribution is -2.24. The monoisotopic (exact) mass is 386 g/mol. The average Bonchev–Trinajstić information content (AvgIpc) is 2.73. The molecule has 0 fully saturated rings. The predicted molar refractivity (Wildman–Crippen MR) is 83.0 cm³/mol. The number of aryl methyl sites for hydroxylation is 1. The molecule has 0 radical (unpaired) electrons. The largest absolute Gasteiger partial charge is 0.310 e. The number of nitrogens with one attached hydrogen (secondary N) is 1. The second-order valence-corrected chi connectivity index (χ2v) is 6.15. The molecule has 1 atom stereocenters. The van der Waals surface area contributed by atoms with Crippen LogP contribution in [0.2, 0.25) is 0 Å². The van der Waals surface area contributed by atoms with Gasteiger partial charge < -0.3 is 5.32 Å². The van der Waals surface area contributed by atoms with E-state index in [0.717, 1.165) is 27.7 Å². The highest BCUT2D eigenvalue weighted by Gasteiger charge is 2.15. The van der Waals surface area contributed by atoms with Gasteiger partial charge in [0.1, 0.15) is 12.2 Å². The van der Waals surface area contributed by atoms with Crippen molar-refractivity contribution in [3.05, 3.63) is 44.9 Å². The van der Waals surface area contributed by atoms with Gasteiger partial charge in [0.05, 0.1) is 0 Å². The smallest absolute Gasteiger partial charge is 0.138 e. The van der Waals surface area contributed by atoms with Crippen molar-refractivity contribution in [1.82, 2.24) is 20.1 Å². The van der Waals surface area contributed by atoms with Crippen LogP contribution in [0.1, 0.15) is 24.4 Å². The fourth-order valence-corrected chi connectivity index (χ4v) is 3.35. The average molecular weight is 388 g/mol. The first-order valence-corrected chi connectivity index (χ1v) is 7.71. The number of hydrogen-bond acceptors (Lipinski definition) is 3. The summed E-state index contributed by atoms with van der Waals surface area (Å²) in [4.78, 5) is 4.30. The zero-order chi connectivity index (χ0) is 13.8. The Bertz CT molecular complexity index is 533. The molecule has 2 aromatic rings. The minimum absolute atomic E-state index is 0.224. The molecule has 1 unspecified atom stereocenters. The SMILES string of the molecule is CCNC(Cc1ncnn1C)c1cc(Br)cc(Br)c1. The third-order valence-corrected chi connectivity index (χ3v) is 3.85. The minimum atomic E-state index is 0.224. The van der Waals surface area contributed by atoms with E-state index < -0.39 is 0 Å². The number of benzene rings is 1. The highest BCUT2D eigenvalue weighted by Crippen LogP contribution is 2.25. The lowest BCUT2D eigenvalue weighted by Gasteiger charge is -2.18. The zero-order valence-electron chi connectivity index (χ0n) is 10.9. The molecule has 1 aromatic carbocycles. The molecule has 0 saturated heterocycles. The zero-order valence-corrected chi connectivity index (χ0v) is 14.1. The Morgan fingerprint density at radius 1 is 1.26 bits per heavy atom. The molecule has 1 N–H and O–H groups in total. The number of halogens is 2. The van der Waals surface area contributed by atoms with Crippen molar-refractivity contribution in [2.75, 3.05) is 6.54 Å². The van der Waals surface area contributed by atoms with Crippen molar-refractivity contribution < 1.29 is 0 Å². The lowest BCUT2D eigenvalue weighted by molar-refractivity contribution is 0.522. The highest BCUT2D eigenvalue weighted by molar-refractivity contribution is 9.11. The second kappa shape index (κ2) is 6.63. The molecule has 102 valence electrons. The van der Waals surface area contributed by atoms with Gasteiger partial charge in [0.2, 0.25) is 0 Å². The predicted octanol–water partition coefficient (Wildman–Crippen LogP) is 3.23. The molecule has 6 heteroatoms. The summed E-state index contributed by atoms with van der Waals surface area (Å²) in [6, 6.07) is 6.53. The van der Waals surface area contributed by atoms with Gasteiger partial charge in [0.25, 0.3) is 0 Å². The highest BCUT2D eigenvalue weighted by atomic mass is 79.9. The van der Waals surface area contributed by atoms with E-state index in [1.54, 1.807) is 6.33 Å². The number of likely N-dealkylation sites (N-methyl/N-ethyl adjacent to an activating group) is 1. The van der Waals surface area contributed by atoms with Crippen molar-refractivity contribution in [2.24, 2.45) is 7.05 Å². The summed E-state index contributed by atoms with van der Waals surface area (Å²) >= 11 is 7.07. The van der Waals surface area contributed by atoms with Crippen LogP contribution in [0, 0.1) is 0 Å². The van der Waals surface area contributed by atoms with E-state index in [1.807, 2.05) is 17.8 Å². The Hall–Kier alpha value is -0.720. The number of nitrogens with zero attached hydrogens (tertiary/aromatic N) is 3. The van der Waals surface area contributed by atoms with Gasteiger partial charge >= 0.3 is 0 Å². The van der Waals surface area contributed by atoms with Crippen LogP contribution in [0.15, 0.2) is 33.5 Å². The standard InChI is InChI=1S/C13H16Br2N4/c1-3-16-12(7-13-17-8-18-19(13)2)9-4-10(14)6-11(15)5-9/h4-6,8,12,16H,3,7H2,1-2H3. The molecular weight excluding hydrogens is 372 g/mol. The molecule has 0 aliphatic heterocycles. The molecule has 2 rings (SSSR count). The molecule has 1 heterocycles. The number of rotatable bonds is 5. The summed E-state index contributed by atoms with van der Waals surface area (Å²) in [5, 5.41) is 7.61. The van der Waals surface area contributed by atoms with Gasteiger partial charge in [-0.3, -0.25) is 4.68 Å².